The largest absolute Gasteiger partial charge is 0.492 e. The number of carboxylic acids is 1. The third-order valence-electron chi connectivity index (χ3n) is 1.74. The molecule has 0 saturated heterocycles. The maximum atomic E-state index is 10.4. The fourth-order valence-corrected chi connectivity index (χ4v) is 0.988. The van der Waals surface area contributed by atoms with Crippen LogP contribution in [-0.4, -0.2) is 17.7 Å². The third kappa shape index (κ3) is 1.73. The van der Waals surface area contributed by atoms with Gasteiger partial charge in [-0.2, -0.15) is 0 Å². The minimum absolute atomic E-state index is 0.286. The maximum absolute atomic E-state index is 10.4. The van der Waals surface area contributed by atoms with Crippen molar-refractivity contribution in [3.8, 4) is 0 Å². The summed E-state index contributed by atoms with van der Waals surface area (Å²) < 4.78 is 5.01. The van der Waals surface area contributed by atoms with Crippen molar-refractivity contribution in [2.45, 2.75) is 26.2 Å². The zero-order chi connectivity index (χ0) is 8.27. The van der Waals surface area contributed by atoms with Crippen molar-refractivity contribution in [2.24, 2.45) is 0 Å². The fourth-order valence-electron chi connectivity index (χ4n) is 0.988. The zero-order valence-corrected chi connectivity index (χ0v) is 6.59. The first-order valence-electron chi connectivity index (χ1n) is 3.83. The molecule has 1 heterocycles. The van der Waals surface area contributed by atoms with E-state index in [1.165, 1.54) is 0 Å². The van der Waals surface area contributed by atoms with Crippen LogP contribution in [0.5, 0.6) is 0 Å². The van der Waals surface area contributed by atoms with E-state index >= 15 is 0 Å². The Hall–Kier alpha value is -0.990. The second-order valence-electron chi connectivity index (χ2n) is 2.60. The molecule has 0 unspecified atom stereocenters. The number of allylic oxidation sites excluding steroid dienone is 1. The molecular weight excluding hydrogens is 144 g/mol. The van der Waals surface area contributed by atoms with Crippen molar-refractivity contribution in [3.05, 3.63) is 11.3 Å². The van der Waals surface area contributed by atoms with Crippen LogP contribution in [0.4, 0.5) is 0 Å². The van der Waals surface area contributed by atoms with Crippen LogP contribution in [-0.2, 0) is 9.53 Å². The molecule has 0 aromatic heterocycles. The van der Waals surface area contributed by atoms with Gasteiger partial charge in [-0.3, -0.25) is 0 Å². The lowest BCUT2D eigenvalue weighted by molar-refractivity contribution is -0.134. The number of ether oxygens (including phenoxy) is 1. The van der Waals surface area contributed by atoms with Gasteiger partial charge in [0.05, 0.1) is 0 Å². The fraction of sp³-hybridized carbons (Fsp3) is 0.625. The minimum Gasteiger partial charge on any atom is -0.492 e. The number of rotatable bonds is 4. The first kappa shape index (κ1) is 8.11. The SMILES string of the molecule is CCCCC1=C(C(=O)O)CO1. The molecule has 0 radical (unpaired) electrons. The zero-order valence-electron chi connectivity index (χ0n) is 6.59. The predicted molar refractivity (Wildman–Crippen MR) is 40.1 cm³/mol. The number of unbranched alkanes of at least 4 members (excludes halogenated alkanes) is 1. The molecule has 1 aliphatic heterocycles. The molecule has 0 aromatic rings. The highest BCUT2D eigenvalue weighted by Gasteiger charge is 2.24. The van der Waals surface area contributed by atoms with Crippen LogP contribution in [0.3, 0.4) is 0 Å². The molecule has 1 rings (SSSR count). The average Bonchev–Trinajstić information content (AvgIpc) is 1.84. The van der Waals surface area contributed by atoms with Crippen LogP contribution in [0.25, 0.3) is 0 Å². The summed E-state index contributed by atoms with van der Waals surface area (Å²) in [7, 11) is 0. The van der Waals surface area contributed by atoms with E-state index in [9.17, 15) is 4.79 Å². The van der Waals surface area contributed by atoms with E-state index in [1.807, 2.05) is 0 Å². The van der Waals surface area contributed by atoms with Gasteiger partial charge in [0.1, 0.15) is 17.9 Å². The van der Waals surface area contributed by atoms with Gasteiger partial charge in [-0.05, 0) is 6.42 Å². The molecule has 0 saturated carbocycles. The van der Waals surface area contributed by atoms with E-state index in [0.717, 1.165) is 19.3 Å². The molecule has 0 aromatic carbocycles. The van der Waals surface area contributed by atoms with E-state index in [4.69, 9.17) is 9.84 Å². The number of carboxylic acid groups (broad SMARTS) is 1. The number of carbonyl (C=O) groups is 1. The van der Waals surface area contributed by atoms with Crippen molar-refractivity contribution >= 4 is 5.97 Å². The van der Waals surface area contributed by atoms with Crippen molar-refractivity contribution in [1.29, 1.82) is 0 Å². The van der Waals surface area contributed by atoms with Gasteiger partial charge in [0.2, 0.25) is 0 Å². The molecule has 1 aliphatic rings. The number of aliphatic carboxylic acids is 1. The Labute approximate surface area is 65.7 Å². The Morgan fingerprint density at radius 1 is 1.73 bits per heavy atom. The number of hydrogen-bond acceptors (Lipinski definition) is 2. The summed E-state index contributed by atoms with van der Waals surface area (Å²) in [6, 6.07) is 0. The minimum atomic E-state index is -0.831. The third-order valence-corrected chi connectivity index (χ3v) is 1.74. The standard InChI is InChI=1S/C8H12O3/c1-2-3-4-7-6(5-11-7)8(9)10/h2-5H2,1H3,(H,9,10). The monoisotopic (exact) mass is 156 g/mol. The summed E-state index contributed by atoms with van der Waals surface area (Å²) in [6.45, 7) is 2.36. The first-order valence-corrected chi connectivity index (χ1v) is 3.83. The highest BCUT2D eigenvalue weighted by molar-refractivity contribution is 5.88. The highest BCUT2D eigenvalue weighted by Crippen LogP contribution is 2.23. The van der Waals surface area contributed by atoms with Gasteiger partial charge in [0, 0.05) is 6.42 Å². The Bertz CT molecular complexity index is 194. The molecule has 0 spiro atoms. The van der Waals surface area contributed by atoms with Gasteiger partial charge < -0.3 is 9.84 Å². The summed E-state index contributed by atoms with van der Waals surface area (Å²) in [5.74, 6) is -0.151. The Morgan fingerprint density at radius 3 is 2.82 bits per heavy atom. The Kier molecular flexibility index (Phi) is 2.52. The summed E-state index contributed by atoms with van der Waals surface area (Å²) in [6.07, 6.45) is 2.85. The second-order valence-corrected chi connectivity index (χ2v) is 2.60. The van der Waals surface area contributed by atoms with Gasteiger partial charge in [-0.25, -0.2) is 4.79 Å². The quantitative estimate of drug-likeness (QED) is 0.671. The van der Waals surface area contributed by atoms with Gasteiger partial charge in [-0.1, -0.05) is 13.3 Å². The maximum Gasteiger partial charge on any atom is 0.338 e. The van der Waals surface area contributed by atoms with Gasteiger partial charge in [-0.15, -0.1) is 0 Å². The molecule has 0 bridgehead atoms. The van der Waals surface area contributed by atoms with Crippen molar-refractivity contribution in [2.75, 3.05) is 6.61 Å². The topological polar surface area (TPSA) is 46.5 Å². The average molecular weight is 156 g/mol. The molecule has 0 amide bonds. The molecule has 0 atom stereocenters. The van der Waals surface area contributed by atoms with Crippen LogP contribution in [0, 0.1) is 0 Å². The van der Waals surface area contributed by atoms with E-state index < -0.39 is 5.97 Å². The van der Waals surface area contributed by atoms with Crippen LogP contribution in [0.1, 0.15) is 26.2 Å². The van der Waals surface area contributed by atoms with Crippen LogP contribution in [0.2, 0.25) is 0 Å². The lowest BCUT2D eigenvalue weighted by Crippen LogP contribution is -2.21. The molecular formula is C8H12O3. The molecule has 62 valence electrons. The van der Waals surface area contributed by atoms with Gasteiger partial charge in [0.25, 0.3) is 0 Å². The lowest BCUT2D eigenvalue weighted by atomic mass is 10.1. The summed E-state index contributed by atoms with van der Waals surface area (Å²) in [5.41, 5.74) is 0.457. The van der Waals surface area contributed by atoms with Crippen LogP contribution < -0.4 is 0 Å². The van der Waals surface area contributed by atoms with Crippen molar-refractivity contribution in [3.63, 3.8) is 0 Å². The van der Waals surface area contributed by atoms with Crippen LogP contribution >= 0.6 is 0 Å². The predicted octanol–water partition coefficient (Wildman–Crippen LogP) is 1.55. The summed E-state index contributed by atoms with van der Waals surface area (Å²) in [4.78, 5) is 10.4. The lowest BCUT2D eigenvalue weighted by Gasteiger charge is -2.21. The number of hydrogen-bond donors (Lipinski definition) is 1. The summed E-state index contributed by atoms with van der Waals surface area (Å²) >= 11 is 0. The smallest absolute Gasteiger partial charge is 0.338 e. The van der Waals surface area contributed by atoms with Gasteiger partial charge >= 0.3 is 5.97 Å². The van der Waals surface area contributed by atoms with Crippen LogP contribution in [0.15, 0.2) is 11.3 Å². The van der Waals surface area contributed by atoms with Crippen molar-refractivity contribution in [1.82, 2.24) is 0 Å². The van der Waals surface area contributed by atoms with E-state index in [1.54, 1.807) is 0 Å². The first-order chi connectivity index (χ1) is 5.25. The second kappa shape index (κ2) is 3.42. The van der Waals surface area contributed by atoms with Gasteiger partial charge in [0.15, 0.2) is 0 Å². The molecule has 1 N–H and O–H groups in total. The molecule has 0 fully saturated rings. The highest BCUT2D eigenvalue weighted by atomic mass is 16.5. The molecule has 11 heavy (non-hydrogen) atoms. The Balaban J connectivity index is 2.45. The molecule has 3 heteroatoms. The van der Waals surface area contributed by atoms with E-state index in [-0.39, 0.29) is 6.61 Å². The van der Waals surface area contributed by atoms with Crippen molar-refractivity contribution < 1.29 is 14.6 Å². The van der Waals surface area contributed by atoms with E-state index in [0.29, 0.717) is 11.3 Å². The molecule has 3 nitrogen and oxygen atoms in total. The van der Waals surface area contributed by atoms with E-state index in [2.05, 4.69) is 6.92 Å². The normalized spacial score (nSPS) is 15.7. The molecule has 0 aliphatic carbocycles. The Morgan fingerprint density at radius 2 is 2.45 bits per heavy atom. The summed E-state index contributed by atoms with van der Waals surface area (Å²) in [5, 5.41) is 8.57.